The Hall–Kier alpha value is -2.31. The van der Waals surface area contributed by atoms with E-state index in [1.54, 1.807) is 13.2 Å². The van der Waals surface area contributed by atoms with Crippen LogP contribution in [0.4, 0.5) is 0 Å². The predicted molar refractivity (Wildman–Crippen MR) is 115 cm³/mol. The van der Waals surface area contributed by atoms with Crippen molar-refractivity contribution in [3.63, 3.8) is 0 Å². The molecular weight excluding hydrogens is 365 g/mol. The van der Waals surface area contributed by atoms with Crippen molar-refractivity contribution in [3.8, 4) is 5.75 Å². The maximum Gasteiger partial charge on any atom is 0.490 e. The molecule has 1 fully saturated rings. The Morgan fingerprint density at radius 1 is 1.00 bits per heavy atom. The number of pyridine rings is 1. The zero-order valence-electron chi connectivity index (χ0n) is 17.8. The van der Waals surface area contributed by atoms with Crippen molar-refractivity contribution < 1.29 is 14.0 Å². The quantitative estimate of drug-likeness (QED) is 0.741. The van der Waals surface area contributed by atoms with Crippen molar-refractivity contribution in [2.75, 3.05) is 7.11 Å². The number of benzene rings is 1. The van der Waals surface area contributed by atoms with E-state index >= 15 is 0 Å². The lowest BCUT2D eigenvalue weighted by Crippen LogP contribution is -2.41. The van der Waals surface area contributed by atoms with Gasteiger partial charge in [0.15, 0.2) is 0 Å². The second kappa shape index (κ2) is 7.19. The van der Waals surface area contributed by atoms with E-state index in [1.165, 1.54) is 0 Å². The fraction of sp³-hybridized carbons (Fsp3) is 0.435. The molecule has 1 aromatic heterocycles. The summed E-state index contributed by atoms with van der Waals surface area (Å²) >= 11 is 0. The molecule has 152 valence electrons. The van der Waals surface area contributed by atoms with Gasteiger partial charge in [-0.05, 0) is 75.3 Å². The highest BCUT2D eigenvalue weighted by Crippen LogP contribution is 2.40. The molecule has 0 unspecified atom stereocenters. The van der Waals surface area contributed by atoms with Crippen molar-refractivity contribution in [1.82, 2.24) is 4.57 Å². The average molecular weight is 393 g/mol. The first-order valence-electron chi connectivity index (χ1n) is 10.1. The molecule has 0 spiro atoms. The Kier molecular flexibility index (Phi) is 4.95. The Balaban J connectivity index is 1.63. The van der Waals surface area contributed by atoms with Gasteiger partial charge in [-0.15, -0.1) is 0 Å². The molecule has 6 heteroatoms. The van der Waals surface area contributed by atoms with Crippen LogP contribution in [0.15, 0.2) is 46.7 Å². The monoisotopic (exact) mass is 393 g/mol. The van der Waals surface area contributed by atoms with Gasteiger partial charge in [-0.2, -0.15) is 0 Å². The second-order valence-electron chi connectivity index (χ2n) is 8.82. The van der Waals surface area contributed by atoms with E-state index in [0.29, 0.717) is 6.54 Å². The van der Waals surface area contributed by atoms with Crippen LogP contribution in [-0.4, -0.2) is 30.0 Å². The first-order chi connectivity index (χ1) is 13.7. The number of allylic oxidation sites excluding steroid dienone is 1. The molecule has 1 aliphatic carbocycles. The Labute approximate surface area is 172 Å². The number of rotatable bonds is 4. The Bertz CT molecular complexity index is 989. The molecule has 0 amide bonds. The third-order valence-corrected chi connectivity index (χ3v) is 6.38. The lowest BCUT2D eigenvalue weighted by Gasteiger charge is -2.32. The van der Waals surface area contributed by atoms with E-state index < -0.39 is 0 Å². The summed E-state index contributed by atoms with van der Waals surface area (Å²) in [5.74, 6) is 0.811. The van der Waals surface area contributed by atoms with E-state index in [2.05, 4.69) is 33.8 Å². The van der Waals surface area contributed by atoms with Crippen LogP contribution in [-0.2, 0) is 22.3 Å². The fourth-order valence-electron chi connectivity index (χ4n) is 3.85. The van der Waals surface area contributed by atoms with Gasteiger partial charge >= 0.3 is 7.12 Å². The summed E-state index contributed by atoms with van der Waals surface area (Å²) in [6, 6.07) is 11.4. The molecule has 2 aromatic rings. The number of hydrogen-bond donors (Lipinski definition) is 0. The summed E-state index contributed by atoms with van der Waals surface area (Å²) in [5, 5.41) is 0. The minimum Gasteiger partial charge on any atom is -0.497 e. The van der Waals surface area contributed by atoms with Gasteiger partial charge in [0.1, 0.15) is 5.75 Å². The van der Waals surface area contributed by atoms with Gasteiger partial charge in [0.25, 0.3) is 5.56 Å². The largest absolute Gasteiger partial charge is 0.497 e. The summed E-state index contributed by atoms with van der Waals surface area (Å²) in [6.45, 7) is 8.81. The first-order valence-corrected chi connectivity index (χ1v) is 10.1. The maximum atomic E-state index is 12.6. The van der Waals surface area contributed by atoms with E-state index in [0.717, 1.165) is 40.9 Å². The molecule has 1 saturated heterocycles. The van der Waals surface area contributed by atoms with Crippen LogP contribution in [0.3, 0.4) is 0 Å². The number of methoxy groups -OCH3 is 1. The van der Waals surface area contributed by atoms with Crippen molar-refractivity contribution in [2.45, 2.75) is 58.3 Å². The smallest absolute Gasteiger partial charge is 0.490 e. The van der Waals surface area contributed by atoms with E-state index in [4.69, 9.17) is 14.0 Å². The Morgan fingerprint density at radius 3 is 2.28 bits per heavy atom. The molecule has 0 radical (unpaired) electrons. The highest BCUT2D eigenvalue weighted by Gasteiger charge is 2.52. The summed E-state index contributed by atoms with van der Waals surface area (Å²) in [7, 11) is 1.31. The summed E-state index contributed by atoms with van der Waals surface area (Å²) < 4.78 is 19.5. The molecule has 0 N–H and O–H groups in total. The van der Waals surface area contributed by atoms with Gasteiger partial charge in [0.05, 0.1) is 24.9 Å². The van der Waals surface area contributed by atoms with Crippen LogP contribution >= 0.6 is 0 Å². The normalized spacial score (nSPS) is 19.6. The van der Waals surface area contributed by atoms with Crippen LogP contribution in [0.5, 0.6) is 5.75 Å². The number of fused-ring (bicyclic) bond motifs is 1. The van der Waals surface area contributed by atoms with E-state index in [-0.39, 0.29) is 23.9 Å². The molecule has 1 aromatic carbocycles. The maximum absolute atomic E-state index is 12.6. The van der Waals surface area contributed by atoms with Gasteiger partial charge in [-0.3, -0.25) is 4.79 Å². The van der Waals surface area contributed by atoms with Gasteiger partial charge in [-0.25, -0.2) is 0 Å². The molecule has 1 aliphatic heterocycles. The predicted octanol–water partition coefficient (Wildman–Crippen LogP) is 3.87. The molecule has 0 saturated carbocycles. The highest BCUT2D eigenvalue weighted by atomic mass is 16.7. The minimum atomic E-state index is -0.355. The first kappa shape index (κ1) is 20.0. The zero-order valence-corrected chi connectivity index (χ0v) is 17.8. The lowest BCUT2D eigenvalue weighted by atomic mass is 9.72. The van der Waals surface area contributed by atoms with Crippen LogP contribution in [0.2, 0.25) is 0 Å². The Morgan fingerprint density at radius 2 is 1.66 bits per heavy atom. The molecule has 5 nitrogen and oxygen atoms in total. The van der Waals surface area contributed by atoms with E-state index in [1.807, 2.05) is 34.9 Å². The van der Waals surface area contributed by atoms with Crippen molar-refractivity contribution in [3.05, 3.63) is 69.0 Å². The van der Waals surface area contributed by atoms with Gasteiger partial charge in [-0.1, -0.05) is 18.2 Å². The third-order valence-electron chi connectivity index (χ3n) is 6.38. The standard InChI is InChI=1S/C23H28BNO4/c1-22(2)23(3,4)29-24(28-22)18-9-12-20-17(14-18)8-13-21(26)25(20)15-16-6-10-19(27-5)11-7-16/h6-8,10-11,13-14H,9,12,15H2,1-5H3. The molecular formula is C23H28BNO4. The lowest BCUT2D eigenvalue weighted by molar-refractivity contribution is 0.00578. The van der Waals surface area contributed by atoms with Crippen LogP contribution < -0.4 is 10.3 Å². The second-order valence-corrected chi connectivity index (χ2v) is 8.82. The van der Waals surface area contributed by atoms with Crippen molar-refractivity contribution in [2.24, 2.45) is 0 Å². The molecule has 4 rings (SSSR count). The topological polar surface area (TPSA) is 49.7 Å². The number of hydrogen-bond acceptors (Lipinski definition) is 4. The average Bonchev–Trinajstić information content (AvgIpc) is 2.91. The molecule has 2 aliphatic rings. The molecule has 2 heterocycles. The zero-order chi connectivity index (χ0) is 20.8. The van der Waals surface area contributed by atoms with Crippen LogP contribution in [0, 0.1) is 0 Å². The van der Waals surface area contributed by atoms with Gasteiger partial charge in [0.2, 0.25) is 0 Å². The molecule has 0 atom stereocenters. The minimum absolute atomic E-state index is 0.0204. The van der Waals surface area contributed by atoms with Gasteiger partial charge < -0.3 is 18.6 Å². The van der Waals surface area contributed by atoms with Crippen LogP contribution in [0.1, 0.15) is 50.9 Å². The molecule has 29 heavy (non-hydrogen) atoms. The van der Waals surface area contributed by atoms with Crippen LogP contribution in [0.25, 0.3) is 6.08 Å². The van der Waals surface area contributed by atoms with Gasteiger partial charge in [0, 0.05) is 11.8 Å². The third kappa shape index (κ3) is 3.67. The SMILES string of the molecule is COc1ccc(Cn2c3c(ccc2=O)C=C(B2OC(C)(C)C(C)(C)O2)CC3)cc1. The number of ether oxygens (including phenoxy) is 1. The van der Waals surface area contributed by atoms with E-state index in [9.17, 15) is 4.79 Å². The fourth-order valence-corrected chi connectivity index (χ4v) is 3.85. The summed E-state index contributed by atoms with van der Waals surface area (Å²) in [5.41, 5.74) is 3.64. The van der Waals surface area contributed by atoms with Crippen molar-refractivity contribution >= 4 is 13.2 Å². The molecule has 0 bridgehead atoms. The summed E-state index contributed by atoms with van der Waals surface area (Å²) in [6.07, 6.45) is 3.73. The highest BCUT2D eigenvalue weighted by molar-refractivity contribution is 6.55. The number of aromatic nitrogens is 1. The summed E-state index contributed by atoms with van der Waals surface area (Å²) in [4.78, 5) is 12.6. The number of nitrogens with zero attached hydrogens (tertiary/aromatic N) is 1. The van der Waals surface area contributed by atoms with Crippen molar-refractivity contribution in [1.29, 1.82) is 0 Å².